The first-order chi connectivity index (χ1) is 7.43. The molecule has 3 heteroatoms. The maximum Gasteiger partial charge on any atom is 0.105 e. The molecule has 15 heavy (non-hydrogen) atoms. The number of benzene rings is 1. The van der Waals surface area contributed by atoms with Gasteiger partial charge in [0.15, 0.2) is 0 Å². The molecule has 0 saturated carbocycles. The lowest BCUT2D eigenvalue weighted by Crippen LogP contribution is -1.94. The number of nitrogens with zero attached hydrogens (tertiary/aromatic N) is 2. The summed E-state index contributed by atoms with van der Waals surface area (Å²) in [6, 6.07) is 11.9. The zero-order valence-electron chi connectivity index (χ0n) is 8.01. The number of rotatable bonds is 0. The fourth-order valence-electron chi connectivity index (χ4n) is 1.59. The summed E-state index contributed by atoms with van der Waals surface area (Å²) in [5.74, 6) is 0. The zero-order chi connectivity index (χ0) is 10.1. The zero-order valence-corrected chi connectivity index (χ0v) is 8.01. The lowest BCUT2D eigenvalue weighted by Gasteiger charge is -2.06. The quantitative estimate of drug-likeness (QED) is 0.598. The fraction of sp³-hybridized carbons (Fsp3) is 0. The van der Waals surface area contributed by atoms with E-state index >= 15 is 0 Å². The largest absolute Gasteiger partial charge is 0.352 e. The molecule has 0 radical (unpaired) electrons. The Bertz CT molecular complexity index is 484. The molecule has 0 spiro atoms. The Morgan fingerprint density at radius 2 is 1.80 bits per heavy atom. The third-order valence-electron chi connectivity index (χ3n) is 2.34. The average Bonchev–Trinajstić information content (AvgIpc) is 2.48. The van der Waals surface area contributed by atoms with Crippen LogP contribution in [-0.4, -0.2) is 11.2 Å². The normalized spacial score (nSPS) is 12.3. The monoisotopic (exact) mass is 195 g/mol. The van der Waals surface area contributed by atoms with Crippen LogP contribution in [0, 0.1) is 0 Å². The van der Waals surface area contributed by atoms with Crippen LogP contribution in [0.25, 0.3) is 0 Å². The molecule has 0 amide bonds. The number of anilines is 2. The highest BCUT2D eigenvalue weighted by Gasteiger charge is 2.08. The van der Waals surface area contributed by atoms with Crippen molar-refractivity contribution in [2.75, 3.05) is 5.32 Å². The van der Waals surface area contributed by atoms with Crippen molar-refractivity contribution in [3.05, 3.63) is 48.3 Å². The summed E-state index contributed by atoms with van der Waals surface area (Å²) < 4.78 is 0. The van der Waals surface area contributed by atoms with Gasteiger partial charge in [0.05, 0.1) is 23.3 Å². The Morgan fingerprint density at radius 3 is 2.80 bits per heavy atom. The number of hydrogen-bond acceptors (Lipinski definition) is 3. The van der Waals surface area contributed by atoms with Crippen molar-refractivity contribution in [3.8, 4) is 0 Å². The molecule has 0 atom stereocenters. The Balaban J connectivity index is 2.19. The molecule has 1 aliphatic heterocycles. The van der Waals surface area contributed by atoms with E-state index in [2.05, 4.69) is 15.3 Å². The van der Waals surface area contributed by atoms with Crippen LogP contribution in [0.5, 0.6) is 0 Å². The van der Waals surface area contributed by atoms with Crippen LogP contribution in [0.2, 0.25) is 0 Å². The van der Waals surface area contributed by atoms with E-state index in [0.717, 1.165) is 22.8 Å². The molecule has 0 bridgehead atoms. The Labute approximate surface area is 87.5 Å². The van der Waals surface area contributed by atoms with E-state index in [4.69, 9.17) is 0 Å². The van der Waals surface area contributed by atoms with E-state index in [1.807, 2.05) is 36.4 Å². The van der Waals surface area contributed by atoms with E-state index < -0.39 is 0 Å². The minimum atomic E-state index is 0.869. The summed E-state index contributed by atoms with van der Waals surface area (Å²) in [7, 11) is 0. The van der Waals surface area contributed by atoms with Gasteiger partial charge in [0, 0.05) is 6.20 Å². The number of nitrogens with one attached hydrogen (secondary N) is 1. The Kier molecular flexibility index (Phi) is 1.75. The van der Waals surface area contributed by atoms with E-state index in [-0.39, 0.29) is 0 Å². The van der Waals surface area contributed by atoms with Crippen molar-refractivity contribution in [2.24, 2.45) is 4.99 Å². The van der Waals surface area contributed by atoms with Gasteiger partial charge in [0.25, 0.3) is 0 Å². The number of pyridine rings is 1. The second-order valence-electron chi connectivity index (χ2n) is 3.34. The highest BCUT2D eigenvalue weighted by Crippen LogP contribution is 2.30. The van der Waals surface area contributed by atoms with E-state index in [1.165, 1.54) is 0 Å². The molecule has 0 unspecified atom stereocenters. The lowest BCUT2D eigenvalue weighted by atomic mass is 10.2. The van der Waals surface area contributed by atoms with Gasteiger partial charge in [0.2, 0.25) is 0 Å². The van der Waals surface area contributed by atoms with Gasteiger partial charge in [-0.05, 0) is 24.3 Å². The van der Waals surface area contributed by atoms with Crippen molar-refractivity contribution in [2.45, 2.75) is 0 Å². The van der Waals surface area contributed by atoms with Gasteiger partial charge in [-0.1, -0.05) is 12.1 Å². The van der Waals surface area contributed by atoms with Gasteiger partial charge >= 0.3 is 0 Å². The molecule has 72 valence electrons. The second-order valence-corrected chi connectivity index (χ2v) is 3.34. The van der Waals surface area contributed by atoms with Gasteiger partial charge in [0.1, 0.15) is 5.69 Å². The number of hydrogen-bond donors (Lipinski definition) is 1. The highest BCUT2D eigenvalue weighted by atomic mass is 15.0. The molecule has 3 nitrogen and oxygen atoms in total. The van der Waals surface area contributed by atoms with Crippen molar-refractivity contribution >= 4 is 23.3 Å². The van der Waals surface area contributed by atoms with Crippen LogP contribution in [0.1, 0.15) is 5.69 Å². The van der Waals surface area contributed by atoms with Crippen LogP contribution >= 0.6 is 0 Å². The summed E-state index contributed by atoms with van der Waals surface area (Å²) in [5.41, 5.74) is 3.82. The smallest absolute Gasteiger partial charge is 0.105 e. The summed E-state index contributed by atoms with van der Waals surface area (Å²) in [6.45, 7) is 0. The predicted molar refractivity (Wildman–Crippen MR) is 61.2 cm³/mol. The fourth-order valence-corrected chi connectivity index (χ4v) is 1.59. The van der Waals surface area contributed by atoms with Crippen LogP contribution < -0.4 is 5.32 Å². The third-order valence-corrected chi connectivity index (χ3v) is 2.34. The first-order valence-electron chi connectivity index (χ1n) is 4.78. The summed E-state index contributed by atoms with van der Waals surface area (Å²) in [5, 5.41) is 3.32. The predicted octanol–water partition coefficient (Wildman–Crippen LogP) is 2.89. The molecule has 2 aromatic rings. The summed E-state index contributed by atoms with van der Waals surface area (Å²) in [4.78, 5) is 8.63. The van der Waals surface area contributed by atoms with E-state index in [0.29, 0.717) is 0 Å². The van der Waals surface area contributed by atoms with Gasteiger partial charge in [-0.2, -0.15) is 0 Å². The average molecular weight is 195 g/mol. The van der Waals surface area contributed by atoms with E-state index in [9.17, 15) is 0 Å². The van der Waals surface area contributed by atoms with Gasteiger partial charge in [-0.15, -0.1) is 0 Å². The van der Waals surface area contributed by atoms with Crippen LogP contribution in [0.15, 0.2) is 47.6 Å². The number of para-hydroxylation sites is 2. The Morgan fingerprint density at radius 1 is 0.933 bits per heavy atom. The Hall–Kier alpha value is -2.16. The second kappa shape index (κ2) is 3.20. The molecule has 1 aromatic heterocycles. The number of fused-ring (bicyclic) bond motifs is 2. The molecule has 1 aromatic carbocycles. The molecule has 1 N–H and O–H groups in total. The first-order valence-corrected chi connectivity index (χ1v) is 4.78. The van der Waals surface area contributed by atoms with Gasteiger partial charge in [-0.3, -0.25) is 9.98 Å². The number of aliphatic imine (C=N–C) groups is 1. The lowest BCUT2D eigenvalue weighted by molar-refractivity contribution is 1.30. The molecule has 3 rings (SSSR count). The van der Waals surface area contributed by atoms with Crippen LogP contribution in [0.4, 0.5) is 17.1 Å². The molecule has 0 fully saturated rings. The van der Waals surface area contributed by atoms with Crippen molar-refractivity contribution < 1.29 is 0 Å². The van der Waals surface area contributed by atoms with Crippen LogP contribution in [-0.2, 0) is 0 Å². The summed E-state index contributed by atoms with van der Waals surface area (Å²) in [6.07, 6.45) is 3.55. The molecule has 1 aliphatic rings. The molecule has 2 heterocycles. The minimum Gasteiger partial charge on any atom is -0.352 e. The third kappa shape index (κ3) is 1.38. The van der Waals surface area contributed by atoms with Gasteiger partial charge < -0.3 is 5.32 Å². The van der Waals surface area contributed by atoms with Crippen molar-refractivity contribution in [3.63, 3.8) is 0 Å². The standard InChI is InChI=1S/C12H9N3/c1-2-5-10-9(4-1)14-8-12-11(15-10)6-3-7-13-12/h1-8,15H. The first kappa shape index (κ1) is 8.17. The maximum absolute atomic E-state index is 4.38. The molecule has 0 aliphatic carbocycles. The molecular weight excluding hydrogens is 186 g/mol. The molecule has 0 saturated heterocycles. The topological polar surface area (TPSA) is 37.3 Å². The van der Waals surface area contributed by atoms with Crippen molar-refractivity contribution in [1.29, 1.82) is 0 Å². The maximum atomic E-state index is 4.38. The summed E-state index contributed by atoms with van der Waals surface area (Å²) >= 11 is 0. The van der Waals surface area contributed by atoms with E-state index in [1.54, 1.807) is 12.4 Å². The van der Waals surface area contributed by atoms with Crippen molar-refractivity contribution in [1.82, 2.24) is 4.98 Å². The van der Waals surface area contributed by atoms with Gasteiger partial charge in [-0.25, -0.2) is 0 Å². The number of aromatic nitrogens is 1. The van der Waals surface area contributed by atoms with Crippen LogP contribution in [0.3, 0.4) is 0 Å². The highest BCUT2D eigenvalue weighted by molar-refractivity contribution is 5.93. The molecular formula is C12H9N3. The SMILES string of the molecule is C1=Nc2ccccc2Nc2cccnc21. The minimum absolute atomic E-state index is 0.869.